The highest BCUT2D eigenvalue weighted by Gasteiger charge is 2.18. The molecular formula is C22H16N6S. The van der Waals surface area contributed by atoms with Crippen LogP contribution in [0, 0.1) is 0 Å². The van der Waals surface area contributed by atoms with E-state index in [1.54, 1.807) is 0 Å². The summed E-state index contributed by atoms with van der Waals surface area (Å²) >= 11 is 1.42. The molecule has 0 saturated heterocycles. The third-order valence-corrected chi connectivity index (χ3v) is 5.12. The second kappa shape index (κ2) is 7.65. The molecule has 5 aromatic rings. The minimum Gasteiger partial charge on any atom is -0.330 e. The van der Waals surface area contributed by atoms with Crippen LogP contribution in [0.3, 0.4) is 0 Å². The molecule has 7 heteroatoms. The summed E-state index contributed by atoms with van der Waals surface area (Å²) in [5.41, 5.74) is 2.89. The van der Waals surface area contributed by atoms with E-state index in [-0.39, 0.29) is 0 Å². The molecule has 3 aromatic carbocycles. The first-order valence-corrected chi connectivity index (χ1v) is 9.92. The molecule has 0 unspecified atom stereocenters. The fourth-order valence-corrected chi connectivity index (χ4v) is 3.63. The predicted molar refractivity (Wildman–Crippen MR) is 115 cm³/mol. The van der Waals surface area contributed by atoms with Crippen LogP contribution < -0.4 is 5.32 Å². The highest BCUT2D eigenvalue weighted by Crippen LogP contribution is 2.29. The molecule has 6 nitrogen and oxygen atoms in total. The number of nitrogens with one attached hydrogen (secondary N) is 1. The average Bonchev–Trinajstić information content (AvgIpc) is 3.43. The molecule has 0 amide bonds. The van der Waals surface area contributed by atoms with E-state index >= 15 is 0 Å². The molecule has 0 fully saturated rings. The maximum Gasteiger partial charge on any atom is 0.213 e. The Bertz CT molecular complexity index is 1160. The Balaban J connectivity index is 1.54. The molecule has 0 aliphatic heterocycles. The molecule has 0 aliphatic carbocycles. The minimum absolute atomic E-state index is 0.548. The Morgan fingerprint density at radius 3 is 2.10 bits per heavy atom. The summed E-state index contributed by atoms with van der Waals surface area (Å²) < 4.78 is 1.84. The third-order valence-electron chi connectivity index (χ3n) is 4.28. The van der Waals surface area contributed by atoms with Gasteiger partial charge in [-0.2, -0.15) is 0 Å². The van der Waals surface area contributed by atoms with Crippen LogP contribution in [-0.2, 0) is 0 Å². The smallest absolute Gasteiger partial charge is 0.213 e. The van der Waals surface area contributed by atoms with Crippen LogP contribution in [0.2, 0.25) is 0 Å². The van der Waals surface area contributed by atoms with Gasteiger partial charge in [-0.05, 0) is 24.3 Å². The number of anilines is 2. The van der Waals surface area contributed by atoms with E-state index in [2.05, 4.69) is 15.5 Å². The van der Waals surface area contributed by atoms with Gasteiger partial charge in [-0.1, -0.05) is 78.1 Å². The van der Waals surface area contributed by atoms with Gasteiger partial charge in [-0.25, -0.2) is 9.67 Å². The number of benzene rings is 3. The second-order valence-electron chi connectivity index (χ2n) is 6.28. The molecule has 0 saturated carbocycles. The van der Waals surface area contributed by atoms with Gasteiger partial charge < -0.3 is 5.32 Å². The lowest BCUT2D eigenvalue weighted by Crippen LogP contribution is -1.99. The Labute approximate surface area is 171 Å². The largest absolute Gasteiger partial charge is 0.330 e. The Kier molecular flexibility index (Phi) is 4.56. The lowest BCUT2D eigenvalue weighted by molar-refractivity contribution is 0.888. The third kappa shape index (κ3) is 3.63. The normalized spacial score (nSPS) is 10.8. The van der Waals surface area contributed by atoms with Gasteiger partial charge in [0.2, 0.25) is 11.0 Å². The van der Waals surface area contributed by atoms with E-state index in [4.69, 9.17) is 10.1 Å². The lowest BCUT2D eigenvalue weighted by Gasteiger charge is -2.05. The van der Waals surface area contributed by atoms with Gasteiger partial charge >= 0.3 is 0 Å². The summed E-state index contributed by atoms with van der Waals surface area (Å²) in [6.07, 6.45) is 0. The first-order chi connectivity index (χ1) is 14.4. The van der Waals surface area contributed by atoms with Crippen molar-refractivity contribution >= 4 is 22.2 Å². The van der Waals surface area contributed by atoms with E-state index in [9.17, 15) is 0 Å². The number of aromatic nitrogens is 5. The molecule has 2 aromatic heterocycles. The van der Waals surface area contributed by atoms with Crippen molar-refractivity contribution < 1.29 is 0 Å². The van der Waals surface area contributed by atoms with Crippen molar-refractivity contribution in [2.45, 2.75) is 0 Å². The average molecular weight is 396 g/mol. The van der Waals surface area contributed by atoms with Crippen LogP contribution in [0.15, 0.2) is 91.0 Å². The predicted octanol–water partition coefficient (Wildman–Crippen LogP) is 5.20. The van der Waals surface area contributed by atoms with Crippen LogP contribution in [0.25, 0.3) is 27.9 Å². The number of hydrogen-bond donors (Lipinski definition) is 1. The second-order valence-corrected chi connectivity index (χ2v) is 7.25. The molecule has 140 valence electrons. The zero-order valence-corrected chi connectivity index (χ0v) is 16.1. The van der Waals surface area contributed by atoms with Gasteiger partial charge in [0.1, 0.15) is 0 Å². The van der Waals surface area contributed by atoms with Gasteiger partial charge in [0.05, 0.1) is 5.69 Å². The molecule has 0 bridgehead atoms. The molecular weight excluding hydrogens is 380 g/mol. The van der Waals surface area contributed by atoms with Gasteiger partial charge in [0.25, 0.3) is 0 Å². The zero-order chi connectivity index (χ0) is 19.5. The van der Waals surface area contributed by atoms with Crippen LogP contribution in [0.4, 0.5) is 10.8 Å². The molecule has 5 rings (SSSR count). The topological polar surface area (TPSA) is 68.5 Å². The van der Waals surface area contributed by atoms with Crippen molar-refractivity contribution in [2.24, 2.45) is 0 Å². The Hall–Kier alpha value is -3.84. The zero-order valence-electron chi connectivity index (χ0n) is 15.3. The van der Waals surface area contributed by atoms with E-state index in [1.807, 2.05) is 95.7 Å². The maximum absolute atomic E-state index is 4.78. The van der Waals surface area contributed by atoms with Crippen LogP contribution >= 0.6 is 11.3 Å². The van der Waals surface area contributed by atoms with Crippen molar-refractivity contribution in [3.05, 3.63) is 91.0 Å². The van der Waals surface area contributed by atoms with Crippen molar-refractivity contribution in [2.75, 3.05) is 5.32 Å². The number of rotatable bonds is 5. The molecule has 2 heterocycles. The van der Waals surface area contributed by atoms with Crippen molar-refractivity contribution in [3.63, 3.8) is 0 Å². The number of para-hydroxylation sites is 2. The first-order valence-electron chi connectivity index (χ1n) is 9.11. The molecule has 29 heavy (non-hydrogen) atoms. The SMILES string of the molecule is c1ccc(Nc2nnc(-c3nc(-c4ccccc4)n(-c4ccccc4)n3)s2)cc1. The maximum atomic E-state index is 4.78. The number of hydrogen-bond acceptors (Lipinski definition) is 6. The highest BCUT2D eigenvalue weighted by atomic mass is 32.1. The molecule has 0 spiro atoms. The van der Waals surface area contributed by atoms with Crippen molar-refractivity contribution in [1.29, 1.82) is 0 Å². The summed E-state index contributed by atoms with van der Waals surface area (Å²) in [5, 5.41) is 17.9. The summed E-state index contributed by atoms with van der Waals surface area (Å²) in [4.78, 5) is 4.78. The van der Waals surface area contributed by atoms with E-state index in [0.29, 0.717) is 16.0 Å². The van der Waals surface area contributed by atoms with Gasteiger partial charge in [0.15, 0.2) is 10.8 Å². The van der Waals surface area contributed by atoms with Gasteiger partial charge in [-0.15, -0.1) is 15.3 Å². The van der Waals surface area contributed by atoms with Crippen molar-refractivity contribution in [3.8, 4) is 27.9 Å². The standard InChI is InChI=1S/C22H16N6S/c1-4-10-16(11-5-1)20-24-19(27-28(20)18-14-8-3-9-15-18)21-25-26-22(29-21)23-17-12-6-2-7-13-17/h1-15H,(H,23,26). The van der Waals surface area contributed by atoms with Gasteiger partial charge in [0, 0.05) is 11.3 Å². The van der Waals surface area contributed by atoms with Crippen LogP contribution in [-0.4, -0.2) is 25.0 Å². The summed E-state index contributed by atoms with van der Waals surface area (Å²) in [5.74, 6) is 1.31. The number of nitrogens with zero attached hydrogens (tertiary/aromatic N) is 5. The van der Waals surface area contributed by atoms with Crippen molar-refractivity contribution in [1.82, 2.24) is 25.0 Å². The van der Waals surface area contributed by atoms with Crippen LogP contribution in [0.1, 0.15) is 0 Å². The van der Waals surface area contributed by atoms with Gasteiger partial charge in [-0.3, -0.25) is 0 Å². The van der Waals surface area contributed by atoms with E-state index in [1.165, 1.54) is 11.3 Å². The Morgan fingerprint density at radius 1 is 0.724 bits per heavy atom. The minimum atomic E-state index is 0.548. The Morgan fingerprint density at radius 2 is 1.38 bits per heavy atom. The molecule has 0 radical (unpaired) electrons. The van der Waals surface area contributed by atoms with E-state index < -0.39 is 0 Å². The molecule has 1 N–H and O–H groups in total. The molecule has 0 aliphatic rings. The fraction of sp³-hybridized carbons (Fsp3) is 0. The summed E-state index contributed by atoms with van der Waals surface area (Å²) in [6.45, 7) is 0. The lowest BCUT2D eigenvalue weighted by atomic mass is 10.2. The fourth-order valence-electron chi connectivity index (χ4n) is 2.94. The van der Waals surface area contributed by atoms with Crippen LogP contribution in [0.5, 0.6) is 0 Å². The van der Waals surface area contributed by atoms with E-state index in [0.717, 1.165) is 22.8 Å². The summed E-state index contributed by atoms with van der Waals surface area (Å²) in [7, 11) is 0. The molecule has 0 atom stereocenters. The monoisotopic (exact) mass is 396 g/mol. The summed E-state index contributed by atoms with van der Waals surface area (Å²) in [6, 6.07) is 29.9. The quantitative estimate of drug-likeness (QED) is 0.442. The first kappa shape index (κ1) is 17.3. The highest BCUT2D eigenvalue weighted by molar-refractivity contribution is 7.18.